The summed E-state index contributed by atoms with van der Waals surface area (Å²) < 4.78 is 0. The first-order valence-electron chi connectivity index (χ1n) is 5.83. The van der Waals surface area contributed by atoms with Crippen LogP contribution in [0.4, 0.5) is 0 Å². The summed E-state index contributed by atoms with van der Waals surface area (Å²) in [5.41, 5.74) is 2.12. The van der Waals surface area contributed by atoms with Crippen molar-refractivity contribution in [1.82, 2.24) is 9.97 Å². The van der Waals surface area contributed by atoms with Gasteiger partial charge in [0.2, 0.25) is 0 Å². The van der Waals surface area contributed by atoms with Crippen LogP contribution in [0, 0.1) is 6.92 Å². The van der Waals surface area contributed by atoms with E-state index >= 15 is 0 Å². The van der Waals surface area contributed by atoms with Gasteiger partial charge in [-0.3, -0.25) is 0 Å². The monoisotopic (exact) mass is 288 g/mol. The highest BCUT2D eigenvalue weighted by Crippen LogP contribution is 2.36. The Morgan fingerprint density at radius 1 is 1.29 bits per heavy atom. The molecule has 1 saturated heterocycles. The summed E-state index contributed by atoms with van der Waals surface area (Å²) in [5, 5.41) is 1.05. The van der Waals surface area contributed by atoms with E-state index in [0.717, 1.165) is 22.8 Å². The molecule has 1 aliphatic heterocycles. The molecule has 0 aromatic carbocycles. The molecular weight excluding hydrogens is 272 g/mol. The molecule has 94 valence electrons. The van der Waals surface area contributed by atoms with Crippen molar-refractivity contribution in [3.63, 3.8) is 0 Å². The quantitative estimate of drug-likeness (QED) is 0.766. The normalized spacial score (nSPS) is 20.9. The van der Waals surface area contributed by atoms with Crippen molar-refractivity contribution >= 4 is 35.1 Å². The van der Waals surface area contributed by atoms with Gasteiger partial charge in [0.05, 0.1) is 5.25 Å². The van der Waals surface area contributed by atoms with Crippen LogP contribution in [0.2, 0.25) is 5.15 Å². The van der Waals surface area contributed by atoms with Crippen molar-refractivity contribution in [2.75, 3.05) is 17.3 Å². The fraction of sp³-hybridized carbons (Fsp3) is 0.667. The van der Waals surface area contributed by atoms with E-state index in [1.807, 2.05) is 30.4 Å². The Kier molecular flexibility index (Phi) is 4.61. The van der Waals surface area contributed by atoms with E-state index < -0.39 is 0 Å². The van der Waals surface area contributed by atoms with Gasteiger partial charge in [-0.05, 0) is 12.8 Å². The largest absolute Gasteiger partial charge is 0.237 e. The van der Waals surface area contributed by atoms with Crippen LogP contribution in [-0.4, -0.2) is 27.2 Å². The second kappa shape index (κ2) is 5.81. The fourth-order valence-corrected chi connectivity index (χ4v) is 5.04. The number of hydrogen-bond acceptors (Lipinski definition) is 4. The van der Waals surface area contributed by atoms with Crippen LogP contribution in [-0.2, 0) is 0 Å². The molecule has 1 unspecified atom stereocenters. The first-order valence-corrected chi connectivity index (χ1v) is 8.41. The summed E-state index contributed by atoms with van der Waals surface area (Å²) in [6.07, 6.45) is 0. The van der Waals surface area contributed by atoms with Crippen molar-refractivity contribution in [1.29, 1.82) is 0 Å². The van der Waals surface area contributed by atoms with Crippen LogP contribution in [0.3, 0.4) is 0 Å². The molecule has 1 fully saturated rings. The molecule has 0 saturated carbocycles. The van der Waals surface area contributed by atoms with E-state index in [9.17, 15) is 0 Å². The molecule has 0 bridgehead atoms. The smallest absolute Gasteiger partial charge is 0.144 e. The van der Waals surface area contributed by atoms with Gasteiger partial charge >= 0.3 is 0 Å². The van der Waals surface area contributed by atoms with Crippen LogP contribution in [0.5, 0.6) is 0 Å². The molecule has 1 atom stereocenters. The highest BCUT2D eigenvalue weighted by atomic mass is 35.5. The number of rotatable bonds is 2. The molecule has 1 aromatic heterocycles. The lowest BCUT2D eigenvalue weighted by Gasteiger charge is -2.21. The molecule has 2 nitrogen and oxygen atoms in total. The average Bonchev–Trinajstić information content (AvgIpc) is 2.28. The zero-order chi connectivity index (χ0) is 12.4. The number of thioether (sulfide) groups is 2. The van der Waals surface area contributed by atoms with E-state index in [0.29, 0.717) is 16.3 Å². The third kappa shape index (κ3) is 3.09. The SMILES string of the molecule is Cc1nc(C2CSCCS2)nc(Cl)c1C(C)C. The third-order valence-corrected chi connectivity index (χ3v) is 5.83. The summed E-state index contributed by atoms with van der Waals surface area (Å²) in [6, 6.07) is 0. The van der Waals surface area contributed by atoms with Crippen LogP contribution < -0.4 is 0 Å². The minimum absolute atomic E-state index is 0.380. The van der Waals surface area contributed by atoms with Crippen molar-refractivity contribution in [2.45, 2.75) is 31.9 Å². The van der Waals surface area contributed by atoms with E-state index in [1.54, 1.807) is 0 Å². The first-order chi connectivity index (χ1) is 8.09. The highest BCUT2D eigenvalue weighted by Gasteiger charge is 2.22. The van der Waals surface area contributed by atoms with Gasteiger partial charge in [0.1, 0.15) is 11.0 Å². The minimum atomic E-state index is 0.380. The van der Waals surface area contributed by atoms with Crippen molar-refractivity contribution < 1.29 is 0 Å². The number of hydrogen-bond donors (Lipinski definition) is 0. The Hall–Kier alpha value is 0.0700. The number of aromatic nitrogens is 2. The summed E-state index contributed by atoms with van der Waals surface area (Å²) in [6.45, 7) is 6.29. The molecule has 2 rings (SSSR count). The lowest BCUT2D eigenvalue weighted by Crippen LogP contribution is -2.12. The van der Waals surface area contributed by atoms with Crippen molar-refractivity contribution in [3.05, 3.63) is 22.2 Å². The first kappa shape index (κ1) is 13.5. The molecule has 5 heteroatoms. The second-order valence-electron chi connectivity index (χ2n) is 4.46. The molecule has 1 aliphatic rings. The number of nitrogens with zero attached hydrogens (tertiary/aromatic N) is 2. The summed E-state index contributed by atoms with van der Waals surface area (Å²) in [5.74, 6) is 4.81. The van der Waals surface area contributed by atoms with Crippen molar-refractivity contribution in [2.24, 2.45) is 0 Å². The summed E-state index contributed by atoms with van der Waals surface area (Å²) >= 11 is 10.2. The molecule has 1 aromatic rings. The fourth-order valence-electron chi connectivity index (χ4n) is 2.00. The Balaban J connectivity index is 2.31. The van der Waals surface area contributed by atoms with E-state index in [4.69, 9.17) is 11.6 Å². The maximum atomic E-state index is 6.28. The molecule has 0 amide bonds. The van der Waals surface area contributed by atoms with Gasteiger partial charge in [-0.1, -0.05) is 25.4 Å². The van der Waals surface area contributed by atoms with Crippen molar-refractivity contribution in [3.8, 4) is 0 Å². The Bertz CT molecular complexity index is 380. The second-order valence-corrected chi connectivity index (χ2v) is 7.28. The zero-order valence-corrected chi connectivity index (χ0v) is 12.8. The number of halogens is 1. The lowest BCUT2D eigenvalue weighted by atomic mass is 10.0. The summed E-state index contributed by atoms with van der Waals surface area (Å²) in [4.78, 5) is 9.15. The Labute approximate surface area is 116 Å². The van der Waals surface area contributed by atoms with E-state index in [2.05, 4.69) is 23.8 Å². The maximum Gasteiger partial charge on any atom is 0.144 e. The predicted molar refractivity (Wildman–Crippen MR) is 78.4 cm³/mol. The van der Waals surface area contributed by atoms with Crippen LogP contribution in [0.25, 0.3) is 0 Å². The molecule has 0 spiro atoms. The lowest BCUT2D eigenvalue weighted by molar-refractivity contribution is 0.803. The standard InChI is InChI=1S/C12H17ClN2S2/c1-7(2)10-8(3)14-12(15-11(10)13)9-6-16-4-5-17-9/h7,9H,4-6H2,1-3H3. The van der Waals surface area contributed by atoms with Gasteiger partial charge in [0, 0.05) is 28.5 Å². The molecule has 2 heterocycles. The molecule has 17 heavy (non-hydrogen) atoms. The Morgan fingerprint density at radius 3 is 2.59 bits per heavy atom. The van der Waals surface area contributed by atoms with Gasteiger partial charge in [-0.15, -0.1) is 11.8 Å². The zero-order valence-electron chi connectivity index (χ0n) is 10.4. The topological polar surface area (TPSA) is 25.8 Å². The van der Waals surface area contributed by atoms with E-state index in [-0.39, 0.29) is 0 Å². The van der Waals surface area contributed by atoms with Gasteiger partial charge < -0.3 is 0 Å². The summed E-state index contributed by atoms with van der Waals surface area (Å²) in [7, 11) is 0. The van der Waals surface area contributed by atoms with Crippen LogP contribution >= 0.6 is 35.1 Å². The highest BCUT2D eigenvalue weighted by molar-refractivity contribution is 8.06. The maximum absolute atomic E-state index is 6.28. The molecule has 0 N–H and O–H groups in total. The number of aryl methyl sites for hydroxylation is 1. The van der Waals surface area contributed by atoms with Crippen LogP contribution in [0.1, 0.15) is 42.1 Å². The Morgan fingerprint density at radius 2 is 2.06 bits per heavy atom. The third-order valence-electron chi connectivity index (χ3n) is 2.79. The molecule has 0 aliphatic carbocycles. The van der Waals surface area contributed by atoms with Gasteiger partial charge in [-0.25, -0.2) is 9.97 Å². The molecule has 0 radical (unpaired) electrons. The molecular formula is C12H17ClN2S2. The predicted octanol–water partition coefficient (Wildman–Crippen LogP) is 4.08. The van der Waals surface area contributed by atoms with Crippen LogP contribution in [0.15, 0.2) is 0 Å². The minimum Gasteiger partial charge on any atom is -0.237 e. The van der Waals surface area contributed by atoms with Gasteiger partial charge in [0.15, 0.2) is 0 Å². The average molecular weight is 289 g/mol. The van der Waals surface area contributed by atoms with E-state index in [1.165, 1.54) is 11.5 Å². The van der Waals surface area contributed by atoms with Gasteiger partial charge in [0.25, 0.3) is 0 Å². The van der Waals surface area contributed by atoms with Gasteiger partial charge in [-0.2, -0.15) is 11.8 Å².